The van der Waals surface area contributed by atoms with E-state index in [-0.39, 0.29) is 29.3 Å². The summed E-state index contributed by atoms with van der Waals surface area (Å²) in [6.45, 7) is 5.04. The highest BCUT2D eigenvalue weighted by Crippen LogP contribution is 2.39. The number of halogens is 3. The molecule has 0 saturated heterocycles. The monoisotopic (exact) mass is 492 g/mol. The number of hydrogen-bond acceptors (Lipinski definition) is 6. The van der Waals surface area contributed by atoms with Gasteiger partial charge in [0.05, 0.1) is 28.7 Å². The molecule has 0 aliphatic heterocycles. The fraction of sp³-hybridized carbons (Fsp3) is 0.231. The third-order valence-corrected chi connectivity index (χ3v) is 6.07. The maximum Gasteiger partial charge on any atom is 0.417 e. The van der Waals surface area contributed by atoms with Crippen LogP contribution in [-0.2, 0) is 18.3 Å². The third kappa shape index (κ3) is 4.03. The molecular formula is C26H23F3N6O. The van der Waals surface area contributed by atoms with Crippen LogP contribution in [0.3, 0.4) is 0 Å². The van der Waals surface area contributed by atoms with Crippen LogP contribution in [0.2, 0.25) is 0 Å². The summed E-state index contributed by atoms with van der Waals surface area (Å²) in [6.07, 6.45) is -3.28. The summed E-state index contributed by atoms with van der Waals surface area (Å²) in [5, 5.41) is 16.4. The Hall–Kier alpha value is -4.05. The Balaban J connectivity index is 1.79. The van der Waals surface area contributed by atoms with Gasteiger partial charge in [-0.1, -0.05) is 36.4 Å². The van der Waals surface area contributed by atoms with E-state index in [2.05, 4.69) is 15.1 Å². The van der Waals surface area contributed by atoms with Crippen LogP contribution in [0.25, 0.3) is 33.2 Å². The molecule has 0 aliphatic carbocycles. The Bertz CT molecular complexity index is 1620. The second-order valence-electron chi connectivity index (χ2n) is 9.21. The summed E-state index contributed by atoms with van der Waals surface area (Å²) in [5.41, 5.74) is 6.72. The number of nitrogens with zero attached hydrogens (tertiary/aromatic N) is 5. The topological polar surface area (TPSA) is 103 Å². The van der Waals surface area contributed by atoms with E-state index in [0.717, 1.165) is 17.0 Å². The number of para-hydroxylation sites is 1. The fourth-order valence-corrected chi connectivity index (χ4v) is 4.41. The number of alkyl halides is 3. The first-order valence-electron chi connectivity index (χ1n) is 11.2. The van der Waals surface area contributed by atoms with E-state index in [1.165, 1.54) is 23.1 Å². The standard InChI is InChI=1S/C26H23F3N6O/c1-14-7-6-8-15-11-16(21(33-20(14)15)17-9-4-5-10-18(17)26(27,28)29)12-35-24-19(23(30)31-13-32-24)22(34-35)25(2,3)36/h4-11,13,36H,12H2,1-3H3,(H2,30,31,32). The summed E-state index contributed by atoms with van der Waals surface area (Å²) in [5.74, 6) is 0.151. The molecule has 0 saturated carbocycles. The quantitative estimate of drug-likeness (QED) is 0.356. The molecule has 0 bridgehead atoms. The molecule has 3 N–H and O–H groups in total. The van der Waals surface area contributed by atoms with Crippen LogP contribution in [0.4, 0.5) is 19.0 Å². The van der Waals surface area contributed by atoms with Gasteiger partial charge in [-0.05, 0) is 38.5 Å². The molecule has 184 valence electrons. The predicted molar refractivity (Wildman–Crippen MR) is 131 cm³/mol. The average Bonchev–Trinajstić information content (AvgIpc) is 3.19. The van der Waals surface area contributed by atoms with Crippen molar-refractivity contribution in [2.75, 3.05) is 5.73 Å². The fourth-order valence-electron chi connectivity index (χ4n) is 4.41. The molecule has 5 rings (SSSR count). The van der Waals surface area contributed by atoms with Crippen LogP contribution in [0.15, 0.2) is 54.9 Å². The lowest BCUT2D eigenvalue weighted by atomic mass is 9.97. The number of fused-ring (bicyclic) bond motifs is 2. The number of aromatic nitrogens is 5. The average molecular weight is 493 g/mol. The lowest BCUT2D eigenvalue weighted by Crippen LogP contribution is -2.18. The number of hydrogen-bond donors (Lipinski definition) is 2. The van der Waals surface area contributed by atoms with E-state index in [0.29, 0.717) is 22.1 Å². The SMILES string of the molecule is Cc1cccc2cc(Cn3nc(C(C)(C)O)c4c(N)ncnc43)c(-c3ccccc3C(F)(F)F)nc12. The molecule has 0 radical (unpaired) electrons. The second kappa shape index (κ2) is 8.27. The van der Waals surface area contributed by atoms with Crippen LogP contribution < -0.4 is 5.73 Å². The molecule has 0 aliphatic rings. The van der Waals surface area contributed by atoms with Gasteiger partial charge in [-0.25, -0.2) is 19.6 Å². The molecule has 0 amide bonds. The first kappa shape index (κ1) is 23.7. The van der Waals surface area contributed by atoms with Crippen LogP contribution in [-0.4, -0.2) is 29.8 Å². The van der Waals surface area contributed by atoms with Crippen molar-refractivity contribution in [2.24, 2.45) is 0 Å². The van der Waals surface area contributed by atoms with Crippen molar-refractivity contribution in [3.63, 3.8) is 0 Å². The van der Waals surface area contributed by atoms with Gasteiger partial charge in [0.25, 0.3) is 0 Å². The summed E-state index contributed by atoms with van der Waals surface area (Å²) < 4.78 is 43.4. The lowest BCUT2D eigenvalue weighted by molar-refractivity contribution is -0.137. The zero-order valence-corrected chi connectivity index (χ0v) is 19.8. The van der Waals surface area contributed by atoms with Gasteiger partial charge in [0.1, 0.15) is 23.4 Å². The third-order valence-electron chi connectivity index (χ3n) is 6.07. The molecule has 0 atom stereocenters. The highest BCUT2D eigenvalue weighted by atomic mass is 19.4. The van der Waals surface area contributed by atoms with Crippen molar-refractivity contribution in [1.29, 1.82) is 0 Å². The lowest BCUT2D eigenvalue weighted by Gasteiger charge is -2.17. The van der Waals surface area contributed by atoms with Crippen molar-refractivity contribution in [3.8, 4) is 11.3 Å². The first-order valence-corrected chi connectivity index (χ1v) is 11.2. The van der Waals surface area contributed by atoms with E-state index in [4.69, 9.17) is 10.7 Å². The van der Waals surface area contributed by atoms with E-state index in [9.17, 15) is 18.3 Å². The molecule has 7 nitrogen and oxygen atoms in total. The largest absolute Gasteiger partial charge is 0.417 e. The van der Waals surface area contributed by atoms with Gasteiger partial charge in [-0.2, -0.15) is 18.3 Å². The van der Waals surface area contributed by atoms with Crippen LogP contribution >= 0.6 is 0 Å². The van der Waals surface area contributed by atoms with Gasteiger partial charge < -0.3 is 10.8 Å². The Labute approximate surface area is 204 Å². The van der Waals surface area contributed by atoms with Crippen LogP contribution in [0.5, 0.6) is 0 Å². The van der Waals surface area contributed by atoms with Crippen molar-refractivity contribution in [3.05, 3.63) is 77.2 Å². The van der Waals surface area contributed by atoms with Crippen molar-refractivity contribution in [2.45, 2.75) is 39.1 Å². The van der Waals surface area contributed by atoms with E-state index in [1.807, 2.05) is 31.2 Å². The van der Waals surface area contributed by atoms with Gasteiger partial charge in [0, 0.05) is 16.5 Å². The van der Waals surface area contributed by atoms with Gasteiger partial charge in [0.15, 0.2) is 5.65 Å². The summed E-state index contributed by atoms with van der Waals surface area (Å²) in [4.78, 5) is 13.0. The Kier molecular flexibility index (Phi) is 5.44. The molecule has 10 heteroatoms. The van der Waals surface area contributed by atoms with Crippen LogP contribution in [0, 0.1) is 6.92 Å². The van der Waals surface area contributed by atoms with E-state index in [1.54, 1.807) is 19.9 Å². The smallest absolute Gasteiger partial charge is 0.384 e. The summed E-state index contributed by atoms with van der Waals surface area (Å²) in [7, 11) is 0. The molecule has 0 spiro atoms. The Morgan fingerprint density at radius 2 is 1.78 bits per heavy atom. The highest BCUT2D eigenvalue weighted by Gasteiger charge is 2.34. The maximum atomic E-state index is 14.0. The zero-order valence-electron chi connectivity index (χ0n) is 19.8. The Morgan fingerprint density at radius 1 is 1.03 bits per heavy atom. The Morgan fingerprint density at radius 3 is 2.50 bits per heavy atom. The van der Waals surface area contributed by atoms with Gasteiger partial charge in [0.2, 0.25) is 0 Å². The second-order valence-corrected chi connectivity index (χ2v) is 9.21. The van der Waals surface area contributed by atoms with E-state index < -0.39 is 17.3 Å². The molecule has 0 fully saturated rings. The first-order chi connectivity index (χ1) is 16.9. The van der Waals surface area contributed by atoms with Gasteiger partial charge in [-0.15, -0.1) is 0 Å². The molecule has 36 heavy (non-hydrogen) atoms. The minimum absolute atomic E-state index is 0.0292. The van der Waals surface area contributed by atoms with Gasteiger partial charge >= 0.3 is 6.18 Å². The number of pyridine rings is 1. The van der Waals surface area contributed by atoms with Crippen molar-refractivity contribution in [1.82, 2.24) is 24.7 Å². The molecule has 3 aromatic heterocycles. The van der Waals surface area contributed by atoms with Crippen molar-refractivity contribution < 1.29 is 18.3 Å². The van der Waals surface area contributed by atoms with Crippen LogP contribution in [0.1, 0.15) is 36.2 Å². The molecule has 5 aromatic rings. The number of nitrogen functional groups attached to an aromatic ring is 1. The van der Waals surface area contributed by atoms with Gasteiger partial charge in [-0.3, -0.25) is 0 Å². The number of aliphatic hydroxyl groups is 1. The zero-order chi connectivity index (χ0) is 25.8. The summed E-state index contributed by atoms with van der Waals surface area (Å²) in [6, 6.07) is 12.8. The molecular weight excluding hydrogens is 469 g/mol. The normalized spacial score (nSPS) is 12.5. The highest BCUT2D eigenvalue weighted by molar-refractivity contribution is 5.89. The minimum atomic E-state index is -4.57. The molecule has 0 unspecified atom stereocenters. The molecule has 2 aromatic carbocycles. The number of rotatable bonds is 4. The molecule has 3 heterocycles. The predicted octanol–water partition coefficient (Wildman–Crippen LogP) is 5.23. The number of nitrogens with two attached hydrogens (primary N) is 1. The maximum absolute atomic E-state index is 14.0. The minimum Gasteiger partial charge on any atom is -0.384 e. The number of benzene rings is 2. The number of aryl methyl sites for hydroxylation is 1. The van der Waals surface area contributed by atoms with E-state index >= 15 is 0 Å². The number of anilines is 1. The summed E-state index contributed by atoms with van der Waals surface area (Å²) >= 11 is 0. The van der Waals surface area contributed by atoms with Crippen molar-refractivity contribution >= 4 is 27.8 Å².